The Kier molecular flexibility index (Phi) is 6.66. The Labute approximate surface area is 104 Å². The summed E-state index contributed by atoms with van der Waals surface area (Å²) in [4.78, 5) is 10.9. The molecule has 0 aliphatic carbocycles. The summed E-state index contributed by atoms with van der Waals surface area (Å²) in [5.41, 5.74) is 0. The molecule has 0 unspecified atom stereocenters. The van der Waals surface area contributed by atoms with Crippen LogP contribution in [-0.2, 0) is 19.7 Å². The van der Waals surface area contributed by atoms with Crippen molar-refractivity contribution < 1.29 is 17.9 Å². The van der Waals surface area contributed by atoms with E-state index in [-0.39, 0.29) is 18.4 Å². The third-order valence-corrected chi connectivity index (χ3v) is 4.69. The van der Waals surface area contributed by atoms with Crippen molar-refractivity contribution in [1.82, 2.24) is 8.61 Å². The summed E-state index contributed by atoms with van der Waals surface area (Å²) < 4.78 is 30.9. The van der Waals surface area contributed by atoms with Gasteiger partial charge < -0.3 is 4.74 Å². The third kappa shape index (κ3) is 5.01. The minimum Gasteiger partial charge on any atom is -0.469 e. The van der Waals surface area contributed by atoms with Crippen molar-refractivity contribution in [3.05, 3.63) is 0 Å². The molecule has 0 atom stereocenters. The molecule has 0 saturated heterocycles. The molecule has 17 heavy (non-hydrogen) atoms. The van der Waals surface area contributed by atoms with Crippen LogP contribution in [0.3, 0.4) is 0 Å². The second-order valence-electron chi connectivity index (χ2n) is 4.12. The first kappa shape index (κ1) is 16.3. The fraction of sp³-hybridized carbons (Fsp3) is 0.900. The molecule has 0 aromatic rings. The monoisotopic (exact) mass is 266 g/mol. The van der Waals surface area contributed by atoms with Gasteiger partial charge in [0, 0.05) is 33.1 Å². The summed E-state index contributed by atoms with van der Waals surface area (Å²) in [5, 5.41) is 0. The average molecular weight is 266 g/mol. The molecule has 0 aliphatic rings. The second-order valence-corrected chi connectivity index (χ2v) is 6.21. The second kappa shape index (κ2) is 6.93. The number of methoxy groups -OCH3 is 1. The van der Waals surface area contributed by atoms with E-state index in [0.29, 0.717) is 13.0 Å². The highest BCUT2D eigenvalue weighted by molar-refractivity contribution is 7.86. The van der Waals surface area contributed by atoms with Crippen LogP contribution in [-0.4, -0.2) is 56.8 Å². The predicted octanol–water partition coefficient (Wildman–Crippen LogP) is 0.456. The van der Waals surface area contributed by atoms with Crippen LogP contribution < -0.4 is 0 Å². The van der Waals surface area contributed by atoms with Gasteiger partial charge in [-0.05, 0) is 20.3 Å². The summed E-state index contributed by atoms with van der Waals surface area (Å²) >= 11 is 0. The lowest BCUT2D eigenvalue weighted by Gasteiger charge is -2.26. The van der Waals surface area contributed by atoms with E-state index in [2.05, 4.69) is 4.74 Å². The largest absolute Gasteiger partial charge is 0.469 e. The van der Waals surface area contributed by atoms with Crippen LogP contribution in [0, 0.1) is 0 Å². The van der Waals surface area contributed by atoms with E-state index in [1.54, 1.807) is 13.8 Å². The van der Waals surface area contributed by atoms with E-state index in [9.17, 15) is 13.2 Å². The number of hydrogen-bond donors (Lipinski definition) is 0. The summed E-state index contributed by atoms with van der Waals surface area (Å²) in [6.07, 6.45) is 0.677. The van der Waals surface area contributed by atoms with Crippen LogP contribution in [0.4, 0.5) is 0 Å². The Morgan fingerprint density at radius 2 is 1.82 bits per heavy atom. The fourth-order valence-electron chi connectivity index (χ4n) is 1.15. The molecule has 0 aromatic heterocycles. The molecular formula is C10H22N2O4S. The molecule has 0 fully saturated rings. The van der Waals surface area contributed by atoms with Crippen LogP contribution in [0.1, 0.15) is 26.7 Å². The highest BCUT2D eigenvalue weighted by Crippen LogP contribution is 2.09. The van der Waals surface area contributed by atoms with Gasteiger partial charge in [-0.1, -0.05) is 0 Å². The fourth-order valence-corrected chi connectivity index (χ4v) is 2.48. The Balaban J connectivity index is 4.31. The van der Waals surface area contributed by atoms with Crippen LogP contribution in [0.5, 0.6) is 0 Å². The number of carbonyl (C=O) groups is 1. The molecule has 102 valence electrons. The zero-order chi connectivity index (χ0) is 13.6. The zero-order valence-corrected chi connectivity index (χ0v) is 12.0. The Morgan fingerprint density at radius 3 is 2.24 bits per heavy atom. The van der Waals surface area contributed by atoms with Gasteiger partial charge in [0.1, 0.15) is 0 Å². The van der Waals surface area contributed by atoms with Crippen molar-refractivity contribution in [2.75, 3.05) is 27.7 Å². The molecule has 7 heteroatoms. The van der Waals surface area contributed by atoms with Crippen LogP contribution in [0.25, 0.3) is 0 Å². The Bertz CT molecular complexity index is 340. The van der Waals surface area contributed by atoms with Crippen molar-refractivity contribution in [3.63, 3.8) is 0 Å². The van der Waals surface area contributed by atoms with E-state index < -0.39 is 10.2 Å². The number of hydrogen-bond acceptors (Lipinski definition) is 4. The maximum atomic E-state index is 12.0. The number of nitrogens with zero attached hydrogens (tertiary/aromatic N) is 2. The predicted molar refractivity (Wildman–Crippen MR) is 65.7 cm³/mol. The van der Waals surface area contributed by atoms with Crippen molar-refractivity contribution >= 4 is 16.2 Å². The van der Waals surface area contributed by atoms with Crippen molar-refractivity contribution in [3.8, 4) is 0 Å². The minimum absolute atomic E-state index is 0.0944. The average Bonchev–Trinajstić information content (AvgIpc) is 2.27. The molecular weight excluding hydrogens is 244 g/mol. The number of esters is 1. The summed E-state index contributed by atoms with van der Waals surface area (Å²) in [7, 11) is 0.930. The lowest BCUT2D eigenvalue weighted by molar-refractivity contribution is -0.140. The first-order valence-electron chi connectivity index (χ1n) is 5.49. The number of rotatable bonds is 7. The SMILES string of the molecule is COC(=O)CCCN(C)S(=O)(=O)N(C)C(C)C. The van der Waals surface area contributed by atoms with E-state index in [1.165, 1.54) is 29.8 Å². The van der Waals surface area contributed by atoms with Gasteiger partial charge in [-0.15, -0.1) is 0 Å². The van der Waals surface area contributed by atoms with Gasteiger partial charge in [0.05, 0.1) is 7.11 Å². The summed E-state index contributed by atoms with van der Waals surface area (Å²) in [5.74, 6) is -0.326. The van der Waals surface area contributed by atoms with Crippen LogP contribution in [0.2, 0.25) is 0 Å². The van der Waals surface area contributed by atoms with E-state index >= 15 is 0 Å². The normalized spacial score (nSPS) is 12.5. The summed E-state index contributed by atoms with van der Waals surface area (Å²) in [6, 6.07) is -0.0944. The standard InChI is InChI=1S/C10H22N2O4S/c1-9(2)12(4)17(14,15)11(3)8-6-7-10(13)16-5/h9H,6-8H2,1-5H3. The molecule has 0 amide bonds. The zero-order valence-electron chi connectivity index (χ0n) is 11.1. The highest BCUT2D eigenvalue weighted by Gasteiger charge is 2.25. The number of ether oxygens (including phenoxy) is 1. The highest BCUT2D eigenvalue weighted by atomic mass is 32.2. The van der Waals surface area contributed by atoms with E-state index in [4.69, 9.17) is 0 Å². The first-order chi connectivity index (χ1) is 7.73. The molecule has 0 bridgehead atoms. The molecule has 0 radical (unpaired) electrons. The molecule has 0 aliphatic heterocycles. The van der Waals surface area contributed by atoms with Crippen molar-refractivity contribution in [2.45, 2.75) is 32.7 Å². The molecule has 0 spiro atoms. The van der Waals surface area contributed by atoms with Crippen LogP contribution in [0.15, 0.2) is 0 Å². The first-order valence-corrected chi connectivity index (χ1v) is 6.89. The third-order valence-electron chi connectivity index (χ3n) is 2.57. The lowest BCUT2D eigenvalue weighted by Crippen LogP contribution is -2.43. The summed E-state index contributed by atoms with van der Waals surface area (Å²) in [6.45, 7) is 3.91. The van der Waals surface area contributed by atoms with Gasteiger partial charge in [-0.25, -0.2) is 0 Å². The van der Waals surface area contributed by atoms with Crippen LogP contribution >= 0.6 is 0 Å². The van der Waals surface area contributed by atoms with E-state index in [0.717, 1.165) is 0 Å². The van der Waals surface area contributed by atoms with Gasteiger partial charge >= 0.3 is 5.97 Å². The maximum absolute atomic E-state index is 12.0. The van der Waals surface area contributed by atoms with E-state index in [1.807, 2.05) is 0 Å². The van der Waals surface area contributed by atoms with Gasteiger partial charge in [0.2, 0.25) is 0 Å². The molecule has 0 aromatic carbocycles. The Morgan fingerprint density at radius 1 is 1.29 bits per heavy atom. The van der Waals surface area contributed by atoms with Gasteiger partial charge in [-0.3, -0.25) is 4.79 Å². The van der Waals surface area contributed by atoms with Crippen molar-refractivity contribution in [1.29, 1.82) is 0 Å². The Hall–Kier alpha value is -0.660. The van der Waals surface area contributed by atoms with Gasteiger partial charge in [0.15, 0.2) is 0 Å². The molecule has 0 heterocycles. The quantitative estimate of drug-likeness (QED) is 0.628. The lowest BCUT2D eigenvalue weighted by atomic mass is 10.3. The smallest absolute Gasteiger partial charge is 0.305 e. The molecule has 0 rings (SSSR count). The minimum atomic E-state index is -3.43. The molecule has 0 N–H and O–H groups in total. The van der Waals surface area contributed by atoms with Gasteiger partial charge in [-0.2, -0.15) is 17.0 Å². The molecule has 0 saturated carbocycles. The molecule has 6 nitrogen and oxygen atoms in total. The van der Waals surface area contributed by atoms with Gasteiger partial charge in [0.25, 0.3) is 10.2 Å². The topological polar surface area (TPSA) is 66.9 Å². The van der Waals surface area contributed by atoms with Crippen molar-refractivity contribution in [2.24, 2.45) is 0 Å². The maximum Gasteiger partial charge on any atom is 0.305 e. The number of carbonyl (C=O) groups excluding carboxylic acids is 1.